The van der Waals surface area contributed by atoms with Gasteiger partial charge in [0.05, 0.1) is 18.9 Å². The quantitative estimate of drug-likeness (QED) is 0.683. The molecule has 4 heteroatoms. The van der Waals surface area contributed by atoms with Gasteiger partial charge in [0.15, 0.2) is 0 Å². The molecule has 2 heterocycles. The second-order valence-corrected chi connectivity index (χ2v) is 3.97. The van der Waals surface area contributed by atoms with Crippen LogP contribution in [0, 0.1) is 6.92 Å². The Morgan fingerprint density at radius 2 is 2.38 bits per heavy atom. The molecule has 0 unspecified atom stereocenters. The monoisotopic (exact) mass is 223 g/mol. The van der Waals surface area contributed by atoms with Crippen LogP contribution in [0.2, 0.25) is 0 Å². The van der Waals surface area contributed by atoms with E-state index in [0.29, 0.717) is 13.2 Å². The number of nitrogens with zero attached hydrogens (tertiary/aromatic N) is 1. The van der Waals surface area contributed by atoms with Crippen molar-refractivity contribution in [1.29, 1.82) is 0 Å². The first-order chi connectivity index (χ1) is 7.79. The molecule has 0 N–H and O–H groups in total. The second-order valence-electron chi connectivity index (χ2n) is 3.97. The first-order valence-electron chi connectivity index (χ1n) is 5.48. The van der Waals surface area contributed by atoms with Crippen molar-refractivity contribution in [3.05, 3.63) is 23.5 Å². The molecule has 1 aliphatic rings. The summed E-state index contributed by atoms with van der Waals surface area (Å²) < 4.78 is 15.9. The molecular weight excluding hydrogens is 206 g/mol. The lowest BCUT2D eigenvalue weighted by Crippen LogP contribution is -2.08. The fourth-order valence-corrected chi connectivity index (χ4v) is 1.43. The van der Waals surface area contributed by atoms with Gasteiger partial charge in [0.2, 0.25) is 0 Å². The highest BCUT2D eigenvalue weighted by Gasteiger charge is 2.23. The third kappa shape index (κ3) is 3.18. The third-order valence-corrected chi connectivity index (χ3v) is 2.44. The van der Waals surface area contributed by atoms with Crippen LogP contribution in [0.15, 0.2) is 12.3 Å². The molecule has 0 radical (unpaired) electrons. The van der Waals surface area contributed by atoms with Crippen molar-refractivity contribution in [2.45, 2.75) is 19.4 Å². The highest BCUT2D eigenvalue weighted by Crippen LogP contribution is 2.20. The molecule has 1 atom stereocenters. The van der Waals surface area contributed by atoms with E-state index in [9.17, 15) is 0 Å². The maximum Gasteiger partial charge on any atom is 0.141 e. The van der Waals surface area contributed by atoms with Gasteiger partial charge in [-0.1, -0.05) is 0 Å². The summed E-state index contributed by atoms with van der Waals surface area (Å²) in [4.78, 5) is 4.37. The van der Waals surface area contributed by atoms with Gasteiger partial charge in [0, 0.05) is 19.7 Å². The van der Waals surface area contributed by atoms with Crippen molar-refractivity contribution < 1.29 is 14.2 Å². The standard InChI is InChI=1S/C12H17NO3/c1-9-5-12(16-8-10-7-15-10)11(13-6-9)3-4-14-2/h5-6,10H,3-4,7-8H2,1-2H3/t10-/m0/s1. The van der Waals surface area contributed by atoms with Crippen LogP contribution in [0.4, 0.5) is 0 Å². The van der Waals surface area contributed by atoms with Crippen molar-refractivity contribution in [2.75, 3.05) is 26.9 Å². The lowest BCUT2D eigenvalue weighted by molar-refractivity contribution is 0.199. The zero-order chi connectivity index (χ0) is 11.4. The van der Waals surface area contributed by atoms with E-state index < -0.39 is 0 Å². The zero-order valence-corrected chi connectivity index (χ0v) is 9.73. The number of methoxy groups -OCH3 is 1. The Kier molecular flexibility index (Phi) is 3.74. The maximum atomic E-state index is 5.70. The van der Waals surface area contributed by atoms with Crippen molar-refractivity contribution in [1.82, 2.24) is 4.98 Å². The summed E-state index contributed by atoms with van der Waals surface area (Å²) in [6.07, 6.45) is 2.90. The molecule has 1 aliphatic heterocycles. The van der Waals surface area contributed by atoms with Gasteiger partial charge in [0.1, 0.15) is 18.5 Å². The summed E-state index contributed by atoms with van der Waals surface area (Å²) in [5, 5.41) is 0. The topological polar surface area (TPSA) is 43.9 Å². The number of aromatic nitrogens is 1. The Bertz CT molecular complexity index is 350. The predicted octanol–water partition coefficient (Wildman–Crippen LogP) is 1.36. The predicted molar refractivity (Wildman–Crippen MR) is 59.8 cm³/mol. The van der Waals surface area contributed by atoms with Gasteiger partial charge in [0.25, 0.3) is 0 Å². The Hall–Kier alpha value is -1.13. The smallest absolute Gasteiger partial charge is 0.141 e. The van der Waals surface area contributed by atoms with E-state index in [4.69, 9.17) is 14.2 Å². The molecule has 1 saturated heterocycles. The molecule has 1 fully saturated rings. The van der Waals surface area contributed by atoms with Crippen molar-refractivity contribution in [3.8, 4) is 5.75 Å². The van der Waals surface area contributed by atoms with Gasteiger partial charge in [-0.3, -0.25) is 4.98 Å². The lowest BCUT2D eigenvalue weighted by atomic mass is 10.2. The van der Waals surface area contributed by atoms with Crippen LogP contribution in [0.3, 0.4) is 0 Å². The average Bonchev–Trinajstić information content (AvgIpc) is 3.09. The van der Waals surface area contributed by atoms with Crippen molar-refractivity contribution in [2.24, 2.45) is 0 Å². The molecule has 0 aliphatic carbocycles. The normalized spacial score (nSPS) is 18.5. The van der Waals surface area contributed by atoms with Gasteiger partial charge in [-0.25, -0.2) is 0 Å². The zero-order valence-electron chi connectivity index (χ0n) is 9.73. The Morgan fingerprint density at radius 3 is 3.06 bits per heavy atom. The molecule has 1 aromatic rings. The summed E-state index contributed by atoms with van der Waals surface area (Å²) >= 11 is 0. The van der Waals surface area contributed by atoms with Crippen molar-refractivity contribution >= 4 is 0 Å². The maximum absolute atomic E-state index is 5.70. The summed E-state index contributed by atoms with van der Waals surface area (Å²) in [5.41, 5.74) is 2.06. The van der Waals surface area contributed by atoms with E-state index in [-0.39, 0.29) is 6.10 Å². The molecule has 0 amide bonds. The van der Waals surface area contributed by atoms with Gasteiger partial charge in [-0.05, 0) is 18.6 Å². The van der Waals surface area contributed by atoms with Crippen LogP contribution in [0.25, 0.3) is 0 Å². The van der Waals surface area contributed by atoms with Crippen LogP contribution in [0.5, 0.6) is 5.75 Å². The Balaban J connectivity index is 2.01. The SMILES string of the molecule is COCCc1ncc(C)cc1OC[C@@H]1CO1. The second kappa shape index (κ2) is 5.27. The van der Waals surface area contributed by atoms with Gasteiger partial charge >= 0.3 is 0 Å². The molecule has 1 aromatic heterocycles. The molecule has 0 spiro atoms. The third-order valence-electron chi connectivity index (χ3n) is 2.44. The Labute approximate surface area is 95.5 Å². The fraction of sp³-hybridized carbons (Fsp3) is 0.583. The highest BCUT2D eigenvalue weighted by molar-refractivity contribution is 5.31. The van der Waals surface area contributed by atoms with Crippen molar-refractivity contribution in [3.63, 3.8) is 0 Å². The van der Waals surface area contributed by atoms with Crippen LogP contribution >= 0.6 is 0 Å². The van der Waals surface area contributed by atoms with Gasteiger partial charge < -0.3 is 14.2 Å². The lowest BCUT2D eigenvalue weighted by Gasteiger charge is -2.10. The average molecular weight is 223 g/mol. The number of pyridine rings is 1. The number of epoxide rings is 1. The largest absolute Gasteiger partial charge is 0.489 e. The Morgan fingerprint density at radius 1 is 1.56 bits per heavy atom. The van der Waals surface area contributed by atoms with Crippen LogP contribution in [0.1, 0.15) is 11.3 Å². The summed E-state index contributed by atoms with van der Waals surface area (Å²) in [7, 11) is 1.69. The molecule has 88 valence electrons. The summed E-state index contributed by atoms with van der Waals surface area (Å²) in [6.45, 7) is 4.09. The molecule has 4 nitrogen and oxygen atoms in total. The first-order valence-corrected chi connectivity index (χ1v) is 5.48. The number of ether oxygens (including phenoxy) is 3. The molecular formula is C12H17NO3. The minimum Gasteiger partial charge on any atom is -0.489 e. The van der Waals surface area contributed by atoms with Crippen LogP contribution in [-0.4, -0.2) is 38.0 Å². The van der Waals surface area contributed by atoms with Gasteiger partial charge in [-0.2, -0.15) is 0 Å². The fourth-order valence-electron chi connectivity index (χ4n) is 1.43. The summed E-state index contributed by atoms with van der Waals surface area (Å²) in [5.74, 6) is 0.854. The first kappa shape index (κ1) is 11.4. The minimum atomic E-state index is 0.274. The number of aryl methyl sites for hydroxylation is 1. The number of hydrogen-bond donors (Lipinski definition) is 0. The molecule has 0 aromatic carbocycles. The van der Waals surface area contributed by atoms with E-state index in [0.717, 1.165) is 30.0 Å². The number of rotatable bonds is 6. The van der Waals surface area contributed by atoms with E-state index in [1.54, 1.807) is 7.11 Å². The van der Waals surface area contributed by atoms with E-state index in [2.05, 4.69) is 4.98 Å². The van der Waals surface area contributed by atoms with Crippen LogP contribution < -0.4 is 4.74 Å². The number of hydrogen-bond acceptors (Lipinski definition) is 4. The molecule has 16 heavy (non-hydrogen) atoms. The van der Waals surface area contributed by atoms with E-state index in [1.165, 1.54) is 0 Å². The van der Waals surface area contributed by atoms with E-state index in [1.807, 2.05) is 19.2 Å². The summed E-state index contributed by atoms with van der Waals surface area (Å²) in [6, 6.07) is 2.01. The minimum absolute atomic E-state index is 0.274. The van der Waals surface area contributed by atoms with E-state index >= 15 is 0 Å². The van der Waals surface area contributed by atoms with Crippen LogP contribution in [-0.2, 0) is 15.9 Å². The molecule has 2 rings (SSSR count). The van der Waals surface area contributed by atoms with Gasteiger partial charge in [-0.15, -0.1) is 0 Å². The molecule has 0 bridgehead atoms. The molecule has 0 saturated carbocycles. The highest BCUT2D eigenvalue weighted by atomic mass is 16.6.